The highest BCUT2D eigenvalue weighted by molar-refractivity contribution is 5.77. The highest BCUT2D eigenvalue weighted by atomic mass is 16.3. The second-order valence-electron chi connectivity index (χ2n) is 6.43. The number of nitrogens with zero attached hydrogens (tertiary/aromatic N) is 1. The molecule has 0 saturated heterocycles. The third-order valence-electron chi connectivity index (χ3n) is 4.83. The van der Waals surface area contributed by atoms with Crippen LogP contribution in [-0.4, -0.2) is 48.2 Å². The smallest absolute Gasteiger partial charge is 0.224 e. The van der Waals surface area contributed by atoms with E-state index < -0.39 is 0 Å². The first-order valence-corrected chi connectivity index (χ1v) is 8.75. The molecular formula is C17H34N2O2. The zero-order chi connectivity index (χ0) is 15.6. The first-order valence-electron chi connectivity index (χ1n) is 8.75. The summed E-state index contributed by atoms with van der Waals surface area (Å²) in [5, 5.41) is 12.6. The summed E-state index contributed by atoms with van der Waals surface area (Å²) in [6.45, 7) is 3.52. The lowest BCUT2D eigenvalue weighted by atomic mass is 9.79. The summed E-state index contributed by atoms with van der Waals surface area (Å²) < 4.78 is 0. The molecule has 0 aromatic heterocycles. The maximum absolute atomic E-state index is 12.6. The van der Waals surface area contributed by atoms with Crippen molar-refractivity contribution in [1.29, 1.82) is 0 Å². The molecule has 1 rings (SSSR count). The van der Waals surface area contributed by atoms with Crippen molar-refractivity contribution in [3.8, 4) is 0 Å². The molecule has 0 radical (unpaired) electrons. The molecule has 4 heteroatoms. The molecule has 4 nitrogen and oxygen atoms in total. The van der Waals surface area contributed by atoms with Gasteiger partial charge in [0.1, 0.15) is 0 Å². The molecule has 1 fully saturated rings. The average Bonchev–Trinajstić information content (AvgIpc) is 2.51. The molecule has 0 aromatic rings. The van der Waals surface area contributed by atoms with E-state index in [0.717, 1.165) is 25.8 Å². The van der Waals surface area contributed by atoms with Gasteiger partial charge in [0, 0.05) is 25.0 Å². The van der Waals surface area contributed by atoms with Gasteiger partial charge >= 0.3 is 0 Å². The monoisotopic (exact) mass is 298 g/mol. The van der Waals surface area contributed by atoms with Gasteiger partial charge in [-0.2, -0.15) is 0 Å². The van der Waals surface area contributed by atoms with Gasteiger partial charge in [-0.3, -0.25) is 4.79 Å². The highest BCUT2D eigenvalue weighted by Crippen LogP contribution is 2.31. The number of carbonyl (C=O) groups is 1. The molecule has 1 aliphatic rings. The van der Waals surface area contributed by atoms with E-state index >= 15 is 0 Å². The quantitative estimate of drug-likeness (QED) is 0.610. The number of rotatable bonds is 10. The number of nitrogens with one attached hydrogen (secondary N) is 1. The Bertz CT molecular complexity index is 289. The van der Waals surface area contributed by atoms with E-state index in [1.165, 1.54) is 38.5 Å². The number of amides is 1. The minimum absolute atomic E-state index is 0.00748. The predicted molar refractivity (Wildman–Crippen MR) is 87.3 cm³/mol. The van der Waals surface area contributed by atoms with Crippen LogP contribution < -0.4 is 5.32 Å². The lowest BCUT2D eigenvalue weighted by Crippen LogP contribution is -2.49. The molecule has 0 unspecified atom stereocenters. The fourth-order valence-electron chi connectivity index (χ4n) is 3.36. The van der Waals surface area contributed by atoms with Gasteiger partial charge in [-0.05, 0) is 26.3 Å². The lowest BCUT2D eigenvalue weighted by Gasteiger charge is -2.38. The van der Waals surface area contributed by atoms with E-state index in [0.29, 0.717) is 13.0 Å². The Morgan fingerprint density at radius 2 is 1.86 bits per heavy atom. The van der Waals surface area contributed by atoms with Crippen LogP contribution in [0.15, 0.2) is 0 Å². The van der Waals surface area contributed by atoms with Crippen molar-refractivity contribution in [3.05, 3.63) is 0 Å². The Morgan fingerprint density at radius 1 is 1.14 bits per heavy atom. The van der Waals surface area contributed by atoms with E-state index in [9.17, 15) is 9.90 Å². The Balaban J connectivity index is 2.49. The van der Waals surface area contributed by atoms with E-state index in [2.05, 4.69) is 12.2 Å². The number of unbranched alkanes of at least 4 members (excludes halogenated alkanes) is 3. The zero-order valence-corrected chi connectivity index (χ0v) is 14.0. The van der Waals surface area contributed by atoms with Crippen LogP contribution >= 0.6 is 0 Å². The van der Waals surface area contributed by atoms with Crippen LogP contribution in [-0.2, 0) is 4.79 Å². The predicted octanol–water partition coefficient (Wildman–Crippen LogP) is 2.70. The molecule has 1 aliphatic carbocycles. The molecule has 0 atom stereocenters. The molecule has 0 bridgehead atoms. The zero-order valence-electron chi connectivity index (χ0n) is 14.0. The molecule has 2 N–H and O–H groups in total. The topological polar surface area (TPSA) is 52.6 Å². The van der Waals surface area contributed by atoms with Gasteiger partial charge in [0.15, 0.2) is 0 Å². The molecule has 1 saturated carbocycles. The minimum Gasteiger partial charge on any atom is -0.395 e. The number of carbonyl (C=O) groups excluding carboxylic acids is 1. The van der Waals surface area contributed by atoms with Crippen molar-refractivity contribution in [3.63, 3.8) is 0 Å². The molecule has 0 spiro atoms. The van der Waals surface area contributed by atoms with Crippen LogP contribution in [0, 0.1) is 0 Å². The highest BCUT2D eigenvalue weighted by Gasteiger charge is 2.33. The van der Waals surface area contributed by atoms with E-state index in [1.807, 2.05) is 11.9 Å². The van der Waals surface area contributed by atoms with Crippen molar-refractivity contribution < 1.29 is 9.90 Å². The summed E-state index contributed by atoms with van der Waals surface area (Å²) in [5.74, 6) is 0.205. The maximum Gasteiger partial charge on any atom is 0.224 e. The third-order valence-corrected chi connectivity index (χ3v) is 4.83. The Morgan fingerprint density at radius 3 is 2.43 bits per heavy atom. The van der Waals surface area contributed by atoms with Crippen LogP contribution in [0.3, 0.4) is 0 Å². The van der Waals surface area contributed by atoms with E-state index in [1.54, 1.807) is 0 Å². The maximum atomic E-state index is 12.6. The van der Waals surface area contributed by atoms with Gasteiger partial charge < -0.3 is 15.3 Å². The van der Waals surface area contributed by atoms with Crippen molar-refractivity contribution in [2.24, 2.45) is 0 Å². The Hall–Kier alpha value is -0.610. The minimum atomic E-state index is -0.00748. The standard InChI is InChI=1S/C17H34N2O2/c1-3-4-5-9-12-19(13-14-20)16(21)15-17(18-2)10-7-6-8-11-17/h18,20H,3-15H2,1-2H3. The molecular weight excluding hydrogens is 264 g/mol. The SMILES string of the molecule is CCCCCCN(CCO)C(=O)CC1(NC)CCCCC1. The van der Waals surface area contributed by atoms with Crippen LogP contribution in [0.4, 0.5) is 0 Å². The first-order chi connectivity index (χ1) is 10.2. The van der Waals surface area contributed by atoms with Crippen molar-refractivity contribution >= 4 is 5.91 Å². The molecule has 21 heavy (non-hydrogen) atoms. The number of hydrogen-bond acceptors (Lipinski definition) is 3. The normalized spacial score (nSPS) is 17.7. The third kappa shape index (κ3) is 6.35. The molecule has 0 aliphatic heterocycles. The van der Waals surface area contributed by atoms with Crippen LogP contribution in [0.5, 0.6) is 0 Å². The van der Waals surface area contributed by atoms with Crippen molar-refractivity contribution in [2.45, 2.75) is 76.7 Å². The largest absolute Gasteiger partial charge is 0.395 e. The van der Waals surface area contributed by atoms with Gasteiger partial charge in [0.05, 0.1) is 6.61 Å². The summed E-state index contributed by atoms with van der Waals surface area (Å²) in [6, 6.07) is 0. The molecule has 0 heterocycles. The van der Waals surface area contributed by atoms with Crippen LogP contribution in [0.2, 0.25) is 0 Å². The van der Waals surface area contributed by atoms with Gasteiger partial charge in [-0.15, -0.1) is 0 Å². The average molecular weight is 298 g/mol. The number of aliphatic hydroxyl groups excluding tert-OH is 1. The fraction of sp³-hybridized carbons (Fsp3) is 0.941. The fourth-order valence-corrected chi connectivity index (χ4v) is 3.36. The molecule has 1 amide bonds. The Kier molecular flexibility index (Phi) is 8.93. The Labute approximate surface area is 130 Å². The summed E-state index contributed by atoms with van der Waals surface area (Å²) in [4.78, 5) is 14.5. The summed E-state index contributed by atoms with van der Waals surface area (Å²) in [7, 11) is 1.98. The number of hydrogen-bond donors (Lipinski definition) is 2. The summed E-state index contributed by atoms with van der Waals surface area (Å²) >= 11 is 0. The van der Waals surface area contributed by atoms with Gasteiger partial charge in [-0.1, -0.05) is 45.4 Å². The number of aliphatic hydroxyl groups is 1. The van der Waals surface area contributed by atoms with Crippen molar-refractivity contribution in [1.82, 2.24) is 10.2 Å². The van der Waals surface area contributed by atoms with E-state index in [4.69, 9.17) is 0 Å². The summed E-state index contributed by atoms with van der Waals surface area (Å²) in [6.07, 6.45) is 11.1. The van der Waals surface area contributed by atoms with Gasteiger partial charge in [0.2, 0.25) is 5.91 Å². The summed E-state index contributed by atoms with van der Waals surface area (Å²) in [5.41, 5.74) is -0.00748. The van der Waals surface area contributed by atoms with Gasteiger partial charge in [0.25, 0.3) is 0 Å². The second kappa shape index (κ2) is 10.2. The lowest BCUT2D eigenvalue weighted by molar-refractivity contribution is -0.133. The molecule has 0 aromatic carbocycles. The van der Waals surface area contributed by atoms with Gasteiger partial charge in [-0.25, -0.2) is 0 Å². The van der Waals surface area contributed by atoms with E-state index in [-0.39, 0.29) is 18.1 Å². The second-order valence-corrected chi connectivity index (χ2v) is 6.43. The first kappa shape index (κ1) is 18.4. The van der Waals surface area contributed by atoms with Crippen LogP contribution in [0.25, 0.3) is 0 Å². The van der Waals surface area contributed by atoms with Crippen LogP contribution in [0.1, 0.15) is 71.1 Å². The molecule has 124 valence electrons. The van der Waals surface area contributed by atoms with Crippen molar-refractivity contribution in [2.75, 3.05) is 26.7 Å².